The van der Waals surface area contributed by atoms with E-state index in [1.165, 1.54) is 18.6 Å². The molecule has 2 aromatic carbocycles. The molecule has 0 bridgehead atoms. The molecule has 4 nitrogen and oxygen atoms in total. The van der Waals surface area contributed by atoms with Gasteiger partial charge in [-0.3, -0.25) is 9.59 Å². The van der Waals surface area contributed by atoms with Crippen molar-refractivity contribution in [1.82, 2.24) is 9.80 Å². The molecule has 1 saturated heterocycles. The van der Waals surface area contributed by atoms with E-state index in [0.29, 0.717) is 18.7 Å². The van der Waals surface area contributed by atoms with Crippen molar-refractivity contribution in [3.8, 4) is 0 Å². The number of benzene rings is 2. The number of piperazine rings is 1. The van der Waals surface area contributed by atoms with Crippen molar-refractivity contribution in [2.75, 3.05) is 13.1 Å². The first kappa shape index (κ1) is 19.6. The van der Waals surface area contributed by atoms with Crippen LogP contribution in [0.2, 0.25) is 0 Å². The first-order valence-electron chi connectivity index (χ1n) is 10.4. The molecule has 0 atom stereocenters. The number of halogens is 1. The van der Waals surface area contributed by atoms with Crippen LogP contribution in [0.5, 0.6) is 0 Å². The Hall–Kier alpha value is -2.69. The van der Waals surface area contributed by atoms with E-state index in [1.54, 1.807) is 17.0 Å². The molecular formula is C24H27FN2O2. The summed E-state index contributed by atoms with van der Waals surface area (Å²) < 4.78 is 13.5. The summed E-state index contributed by atoms with van der Waals surface area (Å²) in [4.78, 5) is 29.8. The Morgan fingerprint density at radius 2 is 1.69 bits per heavy atom. The molecule has 4 rings (SSSR count). The van der Waals surface area contributed by atoms with Gasteiger partial charge >= 0.3 is 0 Å². The molecule has 1 aliphatic carbocycles. The summed E-state index contributed by atoms with van der Waals surface area (Å²) in [6.45, 7) is 1.26. The second-order valence-corrected chi connectivity index (χ2v) is 8.31. The van der Waals surface area contributed by atoms with Crippen molar-refractivity contribution in [3.05, 3.63) is 71.5 Å². The number of rotatable bonds is 4. The lowest BCUT2D eigenvalue weighted by atomic mass is 9.78. The number of nitrogens with zero attached hydrogens (tertiary/aromatic N) is 2. The van der Waals surface area contributed by atoms with E-state index in [-0.39, 0.29) is 36.1 Å². The minimum atomic E-state index is -0.345. The van der Waals surface area contributed by atoms with Crippen molar-refractivity contribution >= 4 is 11.8 Å². The lowest BCUT2D eigenvalue weighted by molar-refractivity contribution is -0.158. The molecular weight excluding hydrogens is 367 g/mol. The van der Waals surface area contributed by atoms with Crippen LogP contribution in [-0.2, 0) is 22.6 Å². The van der Waals surface area contributed by atoms with Gasteiger partial charge in [0.1, 0.15) is 5.82 Å². The summed E-state index contributed by atoms with van der Waals surface area (Å²) in [5, 5.41) is 0. The lowest BCUT2D eigenvalue weighted by Gasteiger charge is -2.52. The quantitative estimate of drug-likeness (QED) is 0.788. The SMILES string of the molecule is O=C(Cc1cccc(F)c1)N1CC(=O)N(Cc2ccccc2)C2(CCCCC2)C1. The van der Waals surface area contributed by atoms with Crippen molar-refractivity contribution in [2.45, 2.75) is 50.6 Å². The Morgan fingerprint density at radius 3 is 2.41 bits per heavy atom. The average molecular weight is 394 g/mol. The summed E-state index contributed by atoms with van der Waals surface area (Å²) in [6.07, 6.45) is 5.30. The lowest BCUT2D eigenvalue weighted by Crippen LogP contribution is -2.66. The molecule has 152 valence electrons. The summed E-state index contributed by atoms with van der Waals surface area (Å²) in [5.41, 5.74) is 1.47. The second-order valence-electron chi connectivity index (χ2n) is 8.31. The van der Waals surface area contributed by atoms with E-state index in [4.69, 9.17) is 0 Å². The Bertz CT molecular complexity index is 877. The monoisotopic (exact) mass is 394 g/mol. The number of hydrogen-bond acceptors (Lipinski definition) is 2. The van der Waals surface area contributed by atoms with Crippen molar-refractivity contribution in [3.63, 3.8) is 0 Å². The number of carbonyl (C=O) groups is 2. The van der Waals surface area contributed by atoms with Gasteiger partial charge in [-0.1, -0.05) is 61.7 Å². The highest BCUT2D eigenvalue weighted by molar-refractivity contribution is 5.87. The zero-order chi connectivity index (χ0) is 20.3. The topological polar surface area (TPSA) is 40.6 Å². The van der Waals surface area contributed by atoms with Gasteiger partial charge in [0.15, 0.2) is 0 Å². The highest BCUT2D eigenvalue weighted by Crippen LogP contribution is 2.38. The maximum absolute atomic E-state index is 13.5. The first-order chi connectivity index (χ1) is 14.1. The molecule has 2 aromatic rings. The molecule has 2 aliphatic rings. The van der Waals surface area contributed by atoms with E-state index in [2.05, 4.69) is 0 Å². The van der Waals surface area contributed by atoms with Crippen molar-refractivity contribution in [2.24, 2.45) is 0 Å². The molecule has 1 aliphatic heterocycles. The van der Waals surface area contributed by atoms with Crippen LogP contribution < -0.4 is 0 Å². The Kier molecular flexibility index (Phi) is 5.65. The largest absolute Gasteiger partial charge is 0.331 e. The standard InChI is InChI=1S/C24H27FN2O2/c25-21-11-7-10-20(14-21)15-22(28)26-17-23(29)27(16-19-8-3-1-4-9-19)24(18-26)12-5-2-6-13-24/h1,3-4,7-11,14H,2,5-6,12-13,15-18H2. The molecule has 1 heterocycles. The van der Waals surface area contributed by atoms with Gasteiger partial charge in [0.05, 0.1) is 18.5 Å². The molecule has 2 amide bonds. The third kappa shape index (κ3) is 4.34. The minimum Gasteiger partial charge on any atom is -0.331 e. The van der Waals surface area contributed by atoms with Crippen LogP contribution in [0.25, 0.3) is 0 Å². The van der Waals surface area contributed by atoms with E-state index >= 15 is 0 Å². The molecule has 2 fully saturated rings. The predicted octanol–water partition coefficient (Wildman–Crippen LogP) is 3.94. The molecule has 29 heavy (non-hydrogen) atoms. The van der Waals surface area contributed by atoms with Crippen LogP contribution in [0.3, 0.4) is 0 Å². The number of hydrogen-bond donors (Lipinski definition) is 0. The normalized spacial score (nSPS) is 18.9. The van der Waals surface area contributed by atoms with Gasteiger partial charge in [0, 0.05) is 13.1 Å². The summed E-state index contributed by atoms with van der Waals surface area (Å²) >= 11 is 0. The Labute approximate surface area is 171 Å². The highest BCUT2D eigenvalue weighted by Gasteiger charge is 2.46. The summed E-state index contributed by atoms with van der Waals surface area (Å²) in [5.74, 6) is -0.439. The molecule has 1 saturated carbocycles. The van der Waals surface area contributed by atoms with Gasteiger partial charge in [0.25, 0.3) is 0 Å². The third-order valence-electron chi connectivity index (χ3n) is 6.25. The zero-order valence-electron chi connectivity index (χ0n) is 16.6. The molecule has 5 heteroatoms. The van der Waals surface area contributed by atoms with E-state index < -0.39 is 0 Å². The second kappa shape index (κ2) is 8.36. The Morgan fingerprint density at radius 1 is 0.966 bits per heavy atom. The van der Waals surface area contributed by atoms with Gasteiger partial charge in [-0.05, 0) is 36.1 Å². The van der Waals surface area contributed by atoms with Crippen LogP contribution in [-0.4, -0.2) is 40.2 Å². The maximum atomic E-state index is 13.5. The fourth-order valence-corrected chi connectivity index (χ4v) is 4.78. The Balaban J connectivity index is 1.54. The maximum Gasteiger partial charge on any atom is 0.243 e. The molecule has 1 spiro atoms. The first-order valence-corrected chi connectivity index (χ1v) is 10.4. The summed E-state index contributed by atoms with van der Waals surface area (Å²) in [6, 6.07) is 16.2. The van der Waals surface area contributed by atoms with Gasteiger partial charge in [-0.15, -0.1) is 0 Å². The van der Waals surface area contributed by atoms with Crippen molar-refractivity contribution in [1.29, 1.82) is 0 Å². The third-order valence-corrected chi connectivity index (χ3v) is 6.25. The van der Waals surface area contributed by atoms with Gasteiger partial charge in [-0.2, -0.15) is 0 Å². The molecule has 0 unspecified atom stereocenters. The van der Waals surface area contributed by atoms with Crippen LogP contribution in [0.1, 0.15) is 43.2 Å². The van der Waals surface area contributed by atoms with Crippen molar-refractivity contribution < 1.29 is 14.0 Å². The summed E-state index contributed by atoms with van der Waals surface area (Å²) in [7, 11) is 0. The van der Waals surface area contributed by atoms with E-state index in [9.17, 15) is 14.0 Å². The average Bonchev–Trinajstić information content (AvgIpc) is 2.72. The fourth-order valence-electron chi connectivity index (χ4n) is 4.78. The van der Waals surface area contributed by atoms with Crippen LogP contribution in [0.15, 0.2) is 54.6 Å². The van der Waals surface area contributed by atoms with E-state index in [1.807, 2.05) is 35.2 Å². The van der Waals surface area contributed by atoms with Gasteiger partial charge < -0.3 is 9.80 Å². The number of amides is 2. The van der Waals surface area contributed by atoms with E-state index in [0.717, 1.165) is 31.2 Å². The van der Waals surface area contributed by atoms with Crippen LogP contribution in [0, 0.1) is 5.82 Å². The fraction of sp³-hybridized carbons (Fsp3) is 0.417. The van der Waals surface area contributed by atoms with Gasteiger partial charge in [-0.25, -0.2) is 4.39 Å². The molecule has 0 N–H and O–H groups in total. The van der Waals surface area contributed by atoms with Crippen LogP contribution >= 0.6 is 0 Å². The number of carbonyl (C=O) groups excluding carboxylic acids is 2. The molecule has 0 aromatic heterocycles. The smallest absolute Gasteiger partial charge is 0.243 e. The highest BCUT2D eigenvalue weighted by atomic mass is 19.1. The predicted molar refractivity (Wildman–Crippen MR) is 109 cm³/mol. The molecule has 0 radical (unpaired) electrons. The zero-order valence-corrected chi connectivity index (χ0v) is 16.6. The van der Waals surface area contributed by atoms with Crippen LogP contribution in [0.4, 0.5) is 4.39 Å². The minimum absolute atomic E-state index is 0.00888. The van der Waals surface area contributed by atoms with Gasteiger partial charge in [0.2, 0.25) is 11.8 Å².